The third-order valence-corrected chi connectivity index (χ3v) is 3.54. The summed E-state index contributed by atoms with van der Waals surface area (Å²) in [6.07, 6.45) is 6.98. The van der Waals surface area contributed by atoms with Crippen molar-refractivity contribution in [3.8, 4) is 5.69 Å². The summed E-state index contributed by atoms with van der Waals surface area (Å²) >= 11 is 0. The van der Waals surface area contributed by atoms with E-state index in [4.69, 9.17) is 5.11 Å². The van der Waals surface area contributed by atoms with Gasteiger partial charge in [-0.05, 0) is 24.6 Å². The highest BCUT2D eigenvalue weighted by Crippen LogP contribution is 2.16. The molecule has 0 saturated carbocycles. The summed E-state index contributed by atoms with van der Waals surface area (Å²) in [4.78, 5) is 17.7. The molecule has 122 valence electrons. The van der Waals surface area contributed by atoms with Crippen LogP contribution in [0.5, 0.6) is 0 Å². The summed E-state index contributed by atoms with van der Waals surface area (Å²) in [5.74, 6) is 0. The number of aliphatic hydroxyl groups is 1. The van der Waals surface area contributed by atoms with E-state index in [2.05, 4.69) is 16.9 Å². The maximum Gasteiger partial charge on any atom is 0.318 e. The van der Waals surface area contributed by atoms with Gasteiger partial charge in [-0.1, -0.05) is 18.2 Å². The number of aliphatic hydroxyl groups excluding tert-OH is 1. The van der Waals surface area contributed by atoms with Gasteiger partial charge >= 0.3 is 6.03 Å². The molecule has 1 aromatic heterocycles. The van der Waals surface area contributed by atoms with Gasteiger partial charge in [0.1, 0.15) is 0 Å². The van der Waals surface area contributed by atoms with Crippen molar-refractivity contribution in [2.75, 3.05) is 19.7 Å². The van der Waals surface area contributed by atoms with Crippen molar-refractivity contribution >= 4 is 6.03 Å². The molecule has 0 radical (unpaired) electrons. The Morgan fingerprint density at radius 2 is 2.22 bits per heavy atom. The van der Waals surface area contributed by atoms with Crippen LogP contribution in [0.4, 0.5) is 4.79 Å². The molecule has 0 bridgehead atoms. The van der Waals surface area contributed by atoms with E-state index in [1.807, 2.05) is 42.0 Å². The second-order valence-electron chi connectivity index (χ2n) is 5.19. The van der Waals surface area contributed by atoms with Crippen LogP contribution in [0, 0.1) is 0 Å². The Bertz CT molecular complexity index is 623. The van der Waals surface area contributed by atoms with E-state index >= 15 is 0 Å². The number of aromatic nitrogens is 2. The molecule has 6 nitrogen and oxygen atoms in total. The average Bonchev–Trinajstić information content (AvgIpc) is 3.09. The van der Waals surface area contributed by atoms with Crippen molar-refractivity contribution in [2.45, 2.75) is 13.0 Å². The monoisotopic (exact) mass is 314 g/mol. The van der Waals surface area contributed by atoms with E-state index in [1.54, 1.807) is 18.6 Å². The van der Waals surface area contributed by atoms with Crippen molar-refractivity contribution < 1.29 is 9.90 Å². The predicted octanol–water partition coefficient (Wildman–Crippen LogP) is 2.12. The molecule has 1 atom stereocenters. The molecule has 1 heterocycles. The largest absolute Gasteiger partial charge is 0.395 e. The smallest absolute Gasteiger partial charge is 0.318 e. The second kappa shape index (κ2) is 8.14. The Morgan fingerprint density at radius 1 is 1.48 bits per heavy atom. The molecule has 0 aliphatic heterocycles. The van der Waals surface area contributed by atoms with Crippen LogP contribution in [-0.2, 0) is 0 Å². The topological polar surface area (TPSA) is 70.4 Å². The lowest BCUT2D eigenvalue weighted by molar-refractivity contribution is 0.181. The van der Waals surface area contributed by atoms with Gasteiger partial charge in [-0.3, -0.25) is 0 Å². The Balaban J connectivity index is 2.01. The number of nitrogens with one attached hydrogen (secondary N) is 1. The predicted molar refractivity (Wildman–Crippen MR) is 89.4 cm³/mol. The first-order chi connectivity index (χ1) is 11.2. The van der Waals surface area contributed by atoms with Crippen LogP contribution in [0.25, 0.3) is 5.69 Å². The summed E-state index contributed by atoms with van der Waals surface area (Å²) in [6, 6.07) is 7.56. The Morgan fingerprint density at radius 3 is 2.78 bits per heavy atom. The van der Waals surface area contributed by atoms with Gasteiger partial charge in [0.15, 0.2) is 0 Å². The molecule has 0 saturated heterocycles. The molecular weight excluding hydrogens is 292 g/mol. The van der Waals surface area contributed by atoms with Crippen molar-refractivity contribution in [3.63, 3.8) is 0 Å². The van der Waals surface area contributed by atoms with E-state index in [-0.39, 0.29) is 25.2 Å². The maximum absolute atomic E-state index is 12.2. The van der Waals surface area contributed by atoms with Crippen molar-refractivity contribution in [1.29, 1.82) is 0 Å². The number of imidazole rings is 1. The number of urea groups is 1. The summed E-state index contributed by atoms with van der Waals surface area (Å²) in [7, 11) is 0. The molecule has 0 spiro atoms. The minimum absolute atomic E-state index is 0.0742. The SMILES string of the molecule is C=CCN(CCO)C(=O)NC(C)c1ccc(-n2ccnc2)cc1. The van der Waals surface area contributed by atoms with Gasteiger partial charge in [-0.25, -0.2) is 9.78 Å². The zero-order valence-electron chi connectivity index (χ0n) is 13.2. The Hall–Kier alpha value is -2.60. The van der Waals surface area contributed by atoms with Crippen LogP contribution in [0.15, 0.2) is 55.6 Å². The fourth-order valence-electron chi connectivity index (χ4n) is 2.26. The molecule has 1 unspecified atom stereocenters. The molecule has 2 aromatic rings. The Labute approximate surface area is 136 Å². The summed E-state index contributed by atoms with van der Waals surface area (Å²) in [5, 5.41) is 12.0. The summed E-state index contributed by atoms with van der Waals surface area (Å²) in [5.41, 5.74) is 2.02. The van der Waals surface area contributed by atoms with Gasteiger partial charge in [-0.2, -0.15) is 0 Å². The Kier molecular flexibility index (Phi) is 5.94. The highest BCUT2D eigenvalue weighted by atomic mass is 16.3. The molecule has 0 aliphatic carbocycles. The van der Waals surface area contributed by atoms with E-state index in [0.29, 0.717) is 6.54 Å². The number of amides is 2. The third kappa shape index (κ3) is 4.43. The highest BCUT2D eigenvalue weighted by Gasteiger charge is 2.15. The first kappa shape index (κ1) is 16.8. The molecule has 0 aliphatic rings. The molecule has 2 N–H and O–H groups in total. The van der Waals surface area contributed by atoms with Gasteiger partial charge < -0.3 is 19.9 Å². The molecule has 2 rings (SSSR count). The van der Waals surface area contributed by atoms with Crippen molar-refractivity contribution in [3.05, 3.63) is 61.2 Å². The van der Waals surface area contributed by atoms with Crippen LogP contribution >= 0.6 is 0 Å². The molecule has 0 fully saturated rings. The fraction of sp³-hybridized carbons (Fsp3) is 0.294. The molecule has 6 heteroatoms. The number of nitrogens with zero attached hydrogens (tertiary/aromatic N) is 3. The minimum Gasteiger partial charge on any atom is -0.395 e. The lowest BCUT2D eigenvalue weighted by Crippen LogP contribution is -2.42. The standard InChI is InChI=1S/C17H22N4O2/c1-3-9-20(11-12-22)17(23)19-14(2)15-4-6-16(7-5-15)21-10-8-18-13-21/h3-8,10,13-14,22H,1,9,11-12H2,2H3,(H,19,23). The van der Waals surface area contributed by atoms with Gasteiger partial charge in [0.2, 0.25) is 0 Å². The first-order valence-electron chi connectivity index (χ1n) is 7.51. The van der Waals surface area contributed by atoms with Gasteiger partial charge in [0.25, 0.3) is 0 Å². The number of rotatable bonds is 7. The lowest BCUT2D eigenvalue weighted by Gasteiger charge is -2.23. The quantitative estimate of drug-likeness (QED) is 0.769. The lowest BCUT2D eigenvalue weighted by atomic mass is 10.1. The molecular formula is C17H22N4O2. The first-order valence-corrected chi connectivity index (χ1v) is 7.51. The van der Waals surface area contributed by atoms with Crippen molar-refractivity contribution in [2.24, 2.45) is 0 Å². The number of carbonyl (C=O) groups is 1. The fourth-order valence-corrected chi connectivity index (χ4v) is 2.26. The maximum atomic E-state index is 12.2. The van der Waals surface area contributed by atoms with Crippen molar-refractivity contribution in [1.82, 2.24) is 19.8 Å². The van der Waals surface area contributed by atoms with Crippen LogP contribution in [0.2, 0.25) is 0 Å². The number of hydrogen-bond acceptors (Lipinski definition) is 3. The van der Waals surface area contributed by atoms with E-state index in [1.165, 1.54) is 4.90 Å². The van der Waals surface area contributed by atoms with Gasteiger partial charge in [0, 0.05) is 31.2 Å². The van der Waals surface area contributed by atoms with Gasteiger partial charge in [0.05, 0.1) is 19.0 Å². The van der Waals surface area contributed by atoms with Crippen LogP contribution in [0.3, 0.4) is 0 Å². The number of hydrogen-bond donors (Lipinski definition) is 2. The molecule has 23 heavy (non-hydrogen) atoms. The summed E-state index contributed by atoms with van der Waals surface area (Å²) < 4.78 is 1.92. The molecule has 1 aromatic carbocycles. The van der Waals surface area contributed by atoms with Crippen LogP contribution in [-0.4, -0.2) is 45.3 Å². The summed E-state index contributed by atoms with van der Waals surface area (Å²) in [6.45, 7) is 6.16. The van der Waals surface area contributed by atoms with Crippen LogP contribution < -0.4 is 5.32 Å². The van der Waals surface area contributed by atoms with Crippen LogP contribution in [0.1, 0.15) is 18.5 Å². The normalized spacial score (nSPS) is 11.7. The molecule has 2 amide bonds. The number of carbonyl (C=O) groups excluding carboxylic acids is 1. The van der Waals surface area contributed by atoms with Gasteiger partial charge in [-0.15, -0.1) is 6.58 Å². The zero-order chi connectivity index (χ0) is 16.7. The second-order valence-corrected chi connectivity index (χ2v) is 5.19. The van der Waals surface area contributed by atoms with E-state index < -0.39 is 0 Å². The van der Waals surface area contributed by atoms with E-state index in [0.717, 1.165) is 11.3 Å². The third-order valence-electron chi connectivity index (χ3n) is 3.54. The minimum atomic E-state index is -0.217. The zero-order valence-corrected chi connectivity index (χ0v) is 13.2. The average molecular weight is 314 g/mol. The highest BCUT2D eigenvalue weighted by molar-refractivity contribution is 5.74. The number of benzene rings is 1. The van der Waals surface area contributed by atoms with E-state index in [9.17, 15) is 4.79 Å².